The van der Waals surface area contributed by atoms with Gasteiger partial charge in [-0.3, -0.25) is 14.6 Å². The molecular weight excluding hydrogens is 348 g/mol. The molecule has 3 N–H and O–H groups in total. The van der Waals surface area contributed by atoms with E-state index in [4.69, 9.17) is 0 Å². The molecule has 10 heteroatoms. The molecule has 9 nitrogen and oxygen atoms in total. The summed E-state index contributed by atoms with van der Waals surface area (Å²) in [6.45, 7) is 1.02. The highest BCUT2D eigenvalue weighted by Crippen LogP contribution is 2.22. The van der Waals surface area contributed by atoms with E-state index in [1.54, 1.807) is 0 Å². The molecule has 0 unspecified atom stereocenters. The number of nitrogens with zero attached hydrogens (tertiary/aromatic N) is 1. The van der Waals surface area contributed by atoms with Crippen molar-refractivity contribution < 1.29 is 13.2 Å². The van der Waals surface area contributed by atoms with E-state index in [9.17, 15) is 22.8 Å². The number of nitrogens with one attached hydrogen (secondary N) is 3. The molecule has 0 atom stereocenters. The van der Waals surface area contributed by atoms with Gasteiger partial charge in [0.05, 0.1) is 4.90 Å². The first-order chi connectivity index (χ1) is 11.9. The monoisotopic (exact) mass is 364 g/mol. The molecule has 0 spiro atoms. The van der Waals surface area contributed by atoms with E-state index in [0.29, 0.717) is 18.8 Å². The summed E-state index contributed by atoms with van der Waals surface area (Å²) < 4.78 is 26.3. The average Bonchev–Trinajstić information content (AvgIpc) is 3.09. The second kappa shape index (κ2) is 6.65. The predicted octanol–water partition coefficient (Wildman–Crippen LogP) is 0.100. The topological polar surface area (TPSA) is 132 Å². The molecule has 132 valence electrons. The number of benzene rings is 1. The van der Waals surface area contributed by atoms with Crippen LogP contribution in [0.5, 0.6) is 0 Å². The number of hydrogen-bond donors (Lipinski definition) is 3. The smallest absolute Gasteiger partial charge is 0.321 e. The third-order valence-corrected chi connectivity index (χ3v) is 5.73. The van der Waals surface area contributed by atoms with Crippen molar-refractivity contribution in [2.24, 2.45) is 0 Å². The number of sulfonamides is 1. The molecule has 0 bridgehead atoms. The van der Waals surface area contributed by atoms with Crippen LogP contribution in [0.1, 0.15) is 23.3 Å². The summed E-state index contributed by atoms with van der Waals surface area (Å²) in [5.41, 5.74) is -1.33. The molecule has 1 aliphatic rings. The minimum Gasteiger partial charge on any atom is -0.321 e. The molecule has 0 saturated carbocycles. The molecule has 2 heterocycles. The van der Waals surface area contributed by atoms with Gasteiger partial charge >= 0.3 is 5.69 Å². The quantitative estimate of drug-likeness (QED) is 0.708. The molecule has 1 aromatic carbocycles. The first-order valence-corrected chi connectivity index (χ1v) is 9.05. The van der Waals surface area contributed by atoms with Crippen LogP contribution in [-0.2, 0) is 10.0 Å². The maximum atomic E-state index is 12.4. The highest BCUT2D eigenvalue weighted by molar-refractivity contribution is 7.89. The van der Waals surface area contributed by atoms with Crippen LogP contribution in [0.4, 0.5) is 5.69 Å². The number of carbonyl (C=O) groups is 1. The Balaban J connectivity index is 1.77. The third-order valence-electron chi connectivity index (χ3n) is 3.82. The largest absolute Gasteiger partial charge is 0.326 e. The van der Waals surface area contributed by atoms with Gasteiger partial charge in [-0.25, -0.2) is 13.2 Å². The Morgan fingerprint density at radius 1 is 1.04 bits per heavy atom. The number of aromatic nitrogens is 2. The minimum absolute atomic E-state index is 0.150. The first kappa shape index (κ1) is 17.1. The Bertz CT molecular complexity index is 973. The van der Waals surface area contributed by atoms with Gasteiger partial charge in [-0.15, -0.1) is 0 Å². The number of anilines is 1. The molecule has 0 radical (unpaired) electrons. The van der Waals surface area contributed by atoms with Crippen molar-refractivity contribution in [3.8, 4) is 0 Å². The Kier molecular flexibility index (Phi) is 4.55. The fourth-order valence-electron chi connectivity index (χ4n) is 2.58. The van der Waals surface area contributed by atoms with Crippen molar-refractivity contribution in [3.63, 3.8) is 0 Å². The van der Waals surface area contributed by atoms with Crippen LogP contribution in [0.3, 0.4) is 0 Å². The molecule has 1 amide bonds. The van der Waals surface area contributed by atoms with E-state index < -0.39 is 27.2 Å². The van der Waals surface area contributed by atoms with Gasteiger partial charge in [0.25, 0.3) is 11.5 Å². The number of amides is 1. The van der Waals surface area contributed by atoms with Gasteiger partial charge in [0, 0.05) is 24.8 Å². The Morgan fingerprint density at radius 2 is 1.68 bits per heavy atom. The summed E-state index contributed by atoms with van der Waals surface area (Å²) in [5, 5.41) is 2.49. The van der Waals surface area contributed by atoms with Gasteiger partial charge in [0.1, 0.15) is 5.69 Å². The fraction of sp³-hybridized carbons (Fsp3) is 0.267. The normalized spacial score (nSPS) is 15.2. The van der Waals surface area contributed by atoms with Gasteiger partial charge < -0.3 is 10.3 Å². The SMILES string of the molecule is O=C(Nc1ccc(S(=O)(=O)N2CCCC2)cc1)c1cc(=O)[nH]c(=O)[nH]1. The lowest BCUT2D eigenvalue weighted by molar-refractivity contribution is 0.102. The highest BCUT2D eigenvalue weighted by Gasteiger charge is 2.26. The minimum atomic E-state index is -3.52. The number of carbonyl (C=O) groups excluding carboxylic acids is 1. The fourth-order valence-corrected chi connectivity index (χ4v) is 4.09. The van der Waals surface area contributed by atoms with Gasteiger partial charge in [0.15, 0.2) is 0 Å². The second-order valence-corrected chi connectivity index (χ2v) is 7.53. The zero-order chi connectivity index (χ0) is 18.0. The molecule has 1 fully saturated rings. The van der Waals surface area contributed by atoms with Crippen LogP contribution < -0.4 is 16.6 Å². The van der Waals surface area contributed by atoms with E-state index in [1.807, 2.05) is 4.98 Å². The first-order valence-electron chi connectivity index (χ1n) is 7.61. The van der Waals surface area contributed by atoms with Crippen molar-refractivity contribution in [1.29, 1.82) is 0 Å². The lowest BCUT2D eigenvalue weighted by Gasteiger charge is -2.15. The van der Waals surface area contributed by atoms with Crippen LogP contribution in [0.15, 0.2) is 44.8 Å². The lowest BCUT2D eigenvalue weighted by atomic mass is 10.3. The van der Waals surface area contributed by atoms with E-state index in [2.05, 4.69) is 10.3 Å². The molecule has 3 rings (SSSR count). The maximum Gasteiger partial charge on any atom is 0.326 e. The van der Waals surface area contributed by atoms with Crippen LogP contribution in [-0.4, -0.2) is 41.7 Å². The molecule has 2 aromatic rings. The van der Waals surface area contributed by atoms with E-state index >= 15 is 0 Å². The molecule has 1 aliphatic heterocycles. The van der Waals surface area contributed by atoms with Crippen LogP contribution >= 0.6 is 0 Å². The van der Waals surface area contributed by atoms with E-state index in [0.717, 1.165) is 18.9 Å². The highest BCUT2D eigenvalue weighted by atomic mass is 32.2. The van der Waals surface area contributed by atoms with Crippen molar-refractivity contribution in [2.45, 2.75) is 17.7 Å². The summed E-state index contributed by atoms with van der Waals surface area (Å²) in [6, 6.07) is 6.68. The van der Waals surface area contributed by atoms with E-state index in [-0.39, 0.29) is 10.6 Å². The number of aromatic amines is 2. The third kappa shape index (κ3) is 3.69. The lowest BCUT2D eigenvalue weighted by Crippen LogP contribution is -2.28. The Hall–Kier alpha value is -2.72. The molecule has 25 heavy (non-hydrogen) atoms. The Labute approximate surface area is 142 Å². The zero-order valence-corrected chi connectivity index (χ0v) is 13.9. The molecular formula is C15H16N4O5S. The summed E-state index contributed by atoms with van der Waals surface area (Å²) in [4.78, 5) is 38.8. The average molecular weight is 364 g/mol. The summed E-state index contributed by atoms with van der Waals surface area (Å²) in [7, 11) is -3.52. The van der Waals surface area contributed by atoms with Gasteiger partial charge in [-0.1, -0.05) is 0 Å². The van der Waals surface area contributed by atoms with Gasteiger partial charge in [-0.2, -0.15) is 4.31 Å². The van der Waals surface area contributed by atoms with Gasteiger partial charge in [0.2, 0.25) is 10.0 Å². The van der Waals surface area contributed by atoms with Gasteiger partial charge in [-0.05, 0) is 37.1 Å². The van der Waals surface area contributed by atoms with E-state index in [1.165, 1.54) is 28.6 Å². The maximum absolute atomic E-state index is 12.4. The Morgan fingerprint density at radius 3 is 2.28 bits per heavy atom. The predicted molar refractivity (Wildman–Crippen MR) is 90.1 cm³/mol. The van der Waals surface area contributed by atoms with Crippen molar-refractivity contribution in [3.05, 3.63) is 56.9 Å². The van der Waals surface area contributed by atoms with Crippen molar-refractivity contribution >= 4 is 21.6 Å². The number of hydrogen-bond acceptors (Lipinski definition) is 5. The molecule has 1 aromatic heterocycles. The van der Waals surface area contributed by atoms with Crippen molar-refractivity contribution in [1.82, 2.24) is 14.3 Å². The molecule has 1 saturated heterocycles. The number of H-pyrrole nitrogens is 2. The summed E-state index contributed by atoms with van der Waals surface area (Å²) in [5.74, 6) is -0.682. The second-order valence-electron chi connectivity index (χ2n) is 5.59. The van der Waals surface area contributed by atoms with Crippen LogP contribution in [0.2, 0.25) is 0 Å². The van der Waals surface area contributed by atoms with Crippen LogP contribution in [0, 0.1) is 0 Å². The van der Waals surface area contributed by atoms with Crippen molar-refractivity contribution in [2.75, 3.05) is 18.4 Å². The number of rotatable bonds is 4. The zero-order valence-electron chi connectivity index (χ0n) is 13.1. The standard InChI is InChI=1S/C15H16N4O5S/c20-13-9-12(17-15(22)18-13)14(21)16-10-3-5-11(6-4-10)25(23,24)19-7-1-2-8-19/h3-6,9H,1-2,7-8H2,(H,16,21)(H2,17,18,20,22). The molecule has 0 aliphatic carbocycles. The van der Waals surface area contributed by atoms with Crippen LogP contribution in [0.25, 0.3) is 0 Å². The summed E-state index contributed by atoms with van der Waals surface area (Å²) in [6.07, 6.45) is 1.70. The summed E-state index contributed by atoms with van der Waals surface area (Å²) >= 11 is 0.